The van der Waals surface area contributed by atoms with Crippen LogP contribution in [0.15, 0.2) is 24.3 Å². The maximum Gasteiger partial charge on any atom is -0.0242 e. The summed E-state index contributed by atoms with van der Waals surface area (Å²) >= 11 is 0. The van der Waals surface area contributed by atoms with Crippen LogP contribution in [0, 0.1) is 6.42 Å². The molecule has 0 atom stereocenters. The smallest absolute Gasteiger partial charge is 0.0242 e. The minimum absolute atomic E-state index is 1.18. The standard InChI is InChI=1S/C9H9/c1-2-5-9-7-3-6-8(9)4-1/h1-5H,6-7H2. The van der Waals surface area contributed by atoms with Gasteiger partial charge >= 0.3 is 0 Å². The Morgan fingerprint density at radius 3 is 2.00 bits per heavy atom. The third-order valence-electron chi connectivity index (χ3n) is 1.85. The van der Waals surface area contributed by atoms with Crippen molar-refractivity contribution in [3.63, 3.8) is 0 Å². The van der Waals surface area contributed by atoms with Crippen molar-refractivity contribution in [2.75, 3.05) is 0 Å². The first kappa shape index (κ1) is 5.04. The first-order chi connectivity index (χ1) is 4.47. The van der Waals surface area contributed by atoms with Crippen LogP contribution in [0.4, 0.5) is 0 Å². The summed E-state index contributed by atoms with van der Waals surface area (Å²) in [6.45, 7) is 0. The molecule has 0 amide bonds. The highest BCUT2D eigenvalue weighted by Crippen LogP contribution is 2.19. The van der Waals surface area contributed by atoms with E-state index in [2.05, 4.69) is 30.7 Å². The summed E-state index contributed by atoms with van der Waals surface area (Å²) in [6.07, 6.45) is 4.68. The van der Waals surface area contributed by atoms with Crippen LogP contribution in [0.3, 0.4) is 0 Å². The number of benzene rings is 1. The molecule has 0 saturated heterocycles. The van der Waals surface area contributed by atoms with Crippen LogP contribution in [-0.2, 0) is 12.8 Å². The summed E-state index contributed by atoms with van der Waals surface area (Å²) in [5.74, 6) is 0. The van der Waals surface area contributed by atoms with Crippen molar-refractivity contribution < 1.29 is 0 Å². The van der Waals surface area contributed by atoms with Crippen LogP contribution in [-0.4, -0.2) is 0 Å². The van der Waals surface area contributed by atoms with Gasteiger partial charge in [0.25, 0.3) is 0 Å². The fourth-order valence-electron chi connectivity index (χ4n) is 1.34. The molecule has 9 heavy (non-hydrogen) atoms. The van der Waals surface area contributed by atoms with E-state index in [9.17, 15) is 0 Å². The highest BCUT2D eigenvalue weighted by Gasteiger charge is 2.07. The average Bonchev–Trinajstić information content (AvgIpc) is 2.33. The largest absolute Gasteiger partial charge is 0.0620 e. The Bertz CT molecular complexity index is 190. The molecule has 0 aliphatic heterocycles. The van der Waals surface area contributed by atoms with E-state index in [1.807, 2.05) is 0 Å². The Kier molecular flexibility index (Phi) is 1.05. The summed E-state index contributed by atoms with van der Waals surface area (Å²) in [5, 5.41) is 0. The van der Waals surface area contributed by atoms with Gasteiger partial charge in [-0.1, -0.05) is 24.3 Å². The van der Waals surface area contributed by atoms with Gasteiger partial charge in [-0.05, 0) is 30.4 Å². The molecule has 0 bridgehead atoms. The molecule has 1 aromatic rings. The second kappa shape index (κ2) is 1.87. The molecule has 0 saturated carbocycles. The maximum atomic E-state index is 2.32. The third-order valence-corrected chi connectivity index (χ3v) is 1.85. The molecule has 45 valence electrons. The van der Waals surface area contributed by atoms with E-state index in [1.54, 1.807) is 0 Å². The van der Waals surface area contributed by atoms with Gasteiger partial charge in [0.2, 0.25) is 0 Å². The second-order valence-electron chi connectivity index (χ2n) is 2.47. The lowest BCUT2D eigenvalue weighted by atomic mass is 10.1. The van der Waals surface area contributed by atoms with Gasteiger partial charge in [-0.15, -0.1) is 0 Å². The van der Waals surface area contributed by atoms with Crippen LogP contribution in [0.5, 0.6) is 0 Å². The SMILES string of the molecule is [CH]1Cc2ccccc2C1. The van der Waals surface area contributed by atoms with Gasteiger partial charge in [0.15, 0.2) is 0 Å². The molecule has 0 aromatic heterocycles. The number of rotatable bonds is 0. The lowest BCUT2D eigenvalue weighted by Gasteiger charge is -1.93. The van der Waals surface area contributed by atoms with Gasteiger partial charge in [0, 0.05) is 0 Å². The average molecular weight is 117 g/mol. The quantitative estimate of drug-likeness (QED) is 0.487. The monoisotopic (exact) mass is 117 g/mol. The first-order valence-corrected chi connectivity index (χ1v) is 3.35. The number of fused-ring (bicyclic) bond motifs is 1. The van der Waals surface area contributed by atoms with Gasteiger partial charge in [-0.3, -0.25) is 0 Å². The molecule has 1 aliphatic rings. The minimum Gasteiger partial charge on any atom is -0.0620 e. The molecule has 0 unspecified atom stereocenters. The number of hydrogen-bond donors (Lipinski definition) is 0. The van der Waals surface area contributed by atoms with Gasteiger partial charge in [0.1, 0.15) is 0 Å². The Labute approximate surface area is 55.5 Å². The zero-order valence-corrected chi connectivity index (χ0v) is 5.30. The topological polar surface area (TPSA) is 0 Å². The van der Waals surface area contributed by atoms with E-state index in [4.69, 9.17) is 0 Å². The van der Waals surface area contributed by atoms with E-state index in [1.165, 1.54) is 24.0 Å². The predicted octanol–water partition coefficient (Wildman–Crippen LogP) is 1.99. The molecule has 0 spiro atoms. The summed E-state index contributed by atoms with van der Waals surface area (Å²) < 4.78 is 0. The Balaban J connectivity index is 2.54. The van der Waals surface area contributed by atoms with E-state index < -0.39 is 0 Å². The Hall–Kier alpha value is -0.780. The van der Waals surface area contributed by atoms with Crippen LogP contribution in [0.25, 0.3) is 0 Å². The van der Waals surface area contributed by atoms with Crippen LogP contribution < -0.4 is 0 Å². The zero-order valence-electron chi connectivity index (χ0n) is 5.30. The molecule has 0 fully saturated rings. The van der Waals surface area contributed by atoms with E-state index >= 15 is 0 Å². The second-order valence-corrected chi connectivity index (χ2v) is 2.47. The summed E-state index contributed by atoms with van der Waals surface area (Å²) in [4.78, 5) is 0. The highest BCUT2D eigenvalue weighted by molar-refractivity contribution is 5.33. The Morgan fingerprint density at radius 2 is 1.44 bits per heavy atom. The molecular weight excluding hydrogens is 108 g/mol. The maximum absolute atomic E-state index is 2.32. The number of hydrogen-bond acceptors (Lipinski definition) is 0. The highest BCUT2D eigenvalue weighted by atomic mass is 14.1. The van der Waals surface area contributed by atoms with Gasteiger partial charge < -0.3 is 0 Å². The third kappa shape index (κ3) is 0.748. The minimum atomic E-state index is 1.18. The lowest BCUT2D eigenvalue weighted by Crippen LogP contribution is -1.77. The van der Waals surface area contributed by atoms with Gasteiger partial charge in [0.05, 0.1) is 0 Å². The lowest BCUT2D eigenvalue weighted by molar-refractivity contribution is 1.17. The zero-order chi connectivity index (χ0) is 6.10. The molecule has 0 heteroatoms. The van der Waals surface area contributed by atoms with Crippen molar-refractivity contribution >= 4 is 0 Å². The fraction of sp³-hybridized carbons (Fsp3) is 0.222. The van der Waals surface area contributed by atoms with Crippen molar-refractivity contribution in [1.29, 1.82) is 0 Å². The van der Waals surface area contributed by atoms with E-state index in [0.717, 1.165) is 0 Å². The molecule has 0 nitrogen and oxygen atoms in total. The Morgan fingerprint density at radius 1 is 0.889 bits per heavy atom. The molecule has 1 aromatic carbocycles. The normalized spacial score (nSPS) is 15.6. The van der Waals surface area contributed by atoms with Crippen molar-refractivity contribution in [3.8, 4) is 0 Å². The van der Waals surface area contributed by atoms with Gasteiger partial charge in [-0.2, -0.15) is 0 Å². The molecular formula is C9H9. The van der Waals surface area contributed by atoms with Crippen molar-refractivity contribution in [2.24, 2.45) is 0 Å². The van der Waals surface area contributed by atoms with Crippen molar-refractivity contribution in [2.45, 2.75) is 12.8 Å². The van der Waals surface area contributed by atoms with Crippen molar-refractivity contribution in [3.05, 3.63) is 41.8 Å². The first-order valence-electron chi connectivity index (χ1n) is 3.35. The van der Waals surface area contributed by atoms with Crippen LogP contribution in [0.2, 0.25) is 0 Å². The molecule has 0 heterocycles. The van der Waals surface area contributed by atoms with Crippen LogP contribution in [0.1, 0.15) is 11.1 Å². The van der Waals surface area contributed by atoms with Gasteiger partial charge in [-0.25, -0.2) is 0 Å². The predicted molar refractivity (Wildman–Crippen MR) is 38.2 cm³/mol. The fourth-order valence-corrected chi connectivity index (χ4v) is 1.34. The summed E-state index contributed by atoms with van der Waals surface area (Å²) in [6, 6.07) is 8.63. The van der Waals surface area contributed by atoms with E-state index in [0.29, 0.717) is 0 Å². The van der Waals surface area contributed by atoms with Crippen LogP contribution >= 0.6 is 0 Å². The summed E-state index contributed by atoms with van der Waals surface area (Å²) in [7, 11) is 0. The molecule has 0 N–H and O–H groups in total. The molecule has 1 aliphatic carbocycles. The molecule has 1 radical (unpaired) electrons. The summed E-state index contributed by atoms with van der Waals surface area (Å²) in [5.41, 5.74) is 3.02. The van der Waals surface area contributed by atoms with Crippen molar-refractivity contribution in [1.82, 2.24) is 0 Å². The van der Waals surface area contributed by atoms with E-state index in [-0.39, 0.29) is 0 Å². The molecule has 2 rings (SSSR count).